The molecule has 6 heteroatoms. The van der Waals surface area contributed by atoms with Gasteiger partial charge in [0, 0.05) is 0 Å². The van der Waals surface area contributed by atoms with Gasteiger partial charge in [0.1, 0.15) is 47.4 Å². The van der Waals surface area contributed by atoms with Gasteiger partial charge in [0.2, 0.25) is 0 Å². The van der Waals surface area contributed by atoms with Crippen LogP contribution in [-0.2, 0) is 7.80 Å². The van der Waals surface area contributed by atoms with Crippen molar-refractivity contribution in [2.75, 3.05) is 13.2 Å². The molecule has 1 rings (SSSR count). The van der Waals surface area contributed by atoms with Crippen molar-refractivity contribution < 1.29 is 23.1 Å². The van der Waals surface area contributed by atoms with Crippen molar-refractivity contribution in [3.05, 3.63) is 0 Å². The largest absolute Gasteiger partial charge is 0.388 e. The van der Waals surface area contributed by atoms with Gasteiger partial charge in [0.15, 0.2) is 0 Å². The molecule has 0 unspecified atom stereocenters. The van der Waals surface area contributed by atoms with Gasteiger partial charge >= 0.3 is 0 Å². The van der Waals surface area contributed by atoms with Crippen molar-refractivity contribution in [1.82, 2.24) is 0 Å². The molecule has 0 bridgehead atoms. The molecule has 1 saturated heterocycles. The van der Waals surface area contributed by atoms with Crippen molar-refractivity contribution >= 4 is 23.0 Å². The molecule has 0 aromatic carbocycles. The van der Waals surface area contributed by atoms with Crippen molar-refractivity contribution in [2.45, 2.75) is 24.4 Å². The lowest BCUT2D eigenvalue weighted by Crippen LogP contribution is -2.54. The van der Waals surface area contributed by atoms with E-state index in [9.17, 15) is 10.2 Å². The van der Waals surface area contributed by atoms with E-state index in [-0.39, 0.29) is 13.2 Å². The van der Waals surface area contributed by atoms with E-state index in [1.165, 1.54) is 0 Å². The number of ether oxygens (including phenoxy) is 1. The van der Waals surface area contributed by atoms with Crippen LogP contribution in [0.25, 0.3) is 0 Å². The van der Waals surface area contributed by atoms with E-state index < -0.39 is 24.4 Å². The maximum absolute atomic E-state index is 9.32. The fourth-order valence-corrected chi connectivity index (χ4v) is 1.43. The van der Waals surface area contributed by atoms with E-state index in [0.29, 0.717) is 0 Å². The van der Waals surface area contributed by atoms with E-state index in [0.717, 1.165) is 0 Å². The molecule has 0 saturated carbocycles. The van der Waals surface area contributed by atoms with E-state index in [1.807, 2.05) is 0 Å². The molecular formula is C6H11IO5. The molecule has 0 aromatic rings. The highest BCUT2D eigenvalue weighted by atomic mass is 127. The second-order valence-electron chi connectivity index (χ2n) is 2.70. The van der Waals surface area contributed by atoms with Gasteiger partial charge in [-0.1, -0.05) is 0 Å². The topological polar surface area (TPSA) is 79.2 Å². The SMILES string of the molecule is O[C@@H]1[C@H](O)[C@@H](O)CO[C@@H]1COI. The molecule has 5 nitrogen and oxygen atoms in total. The lowest BCUT2D eigenvalue weighted by Gasteiger charge is -2.34. The summed E-state index contributed by atoms with van der Waals surface area (Å²) >= 11 is 1.68. The second kappa shape index (κ2) is 4.68. The predicted octanol–water partition coefficient (Wildman–Crippen LogP) is -1.17. The monoisotopic (exact) mass is 290 g/mol. The summed E-state index contributed by atoms with van der Waals surface area (Å²) in [5.41, 5.74) is 0. The van der Waals surface area contributed by atoms with E-state index in [2.05, 4.69) is 0 Å². The van der Waals surface area contributed by atoms with Crippen molar-refractivity contribution in [2.24, 2.45) is 0 Å². The lowest BCUT2D eigenvalue weighted by molar-refractivity contribution is -0.191. The Labute approximate surface area is 84.0 Å². The standard InChI is InChI=1S/C6H11IO5/c7-12-2-4-6(10)5(9)3(8)1-11-4/h3-6,8-10H,1-2H2/t3-,4+,5+,6-/m0/s1. The number of hydrogen-bond acceptors (Lipinski definition) is 5. The zero-order valence-electron chi connectivity index (χ0n) is 6.26. The Morgan fingerprint density at radius 3 is 2.58 bits per heavy atom. The van der Waals surface area contributed by atoms with E-state index >= 15 is 0 Å². The van der Waals surface area contributed by atoms with Crippen LogP contribution in [0.4, 0.5) is 0 Å². The van der Waals surface area contributed by atoms with Gasteiger partial charge in [0.05, 0.1) is 13.2 Å². The highest BCUT2D eigenvalue weighted by Crippen LogP contribution is 2.16. The van der Waals surface area contributed by atoms with Gasteiger partial charge in [-0.05, 0) is 0 Å². The molecule has 0 radical (unpaired) electrons. The molecule has 72 valence electrons. The summed E-state index contributed by atoms with van der Waals surface area (Å²) in [5, 5.41) is 27.6. The summed E-state index contributed by atoms with van der Waals surface area (Å²) in [6.07, 6.45) is -3.79. The minimum absolute atomic E-state index is 0.0306. The Balaban J connectivity index is 2.46. The summed E-state index contributed by atoms with van der Waals surface area (Å²) in [5.74, 6) is 0. The minimum atomic E-state index is -1.14. The molecule has 0 aromatic heterocycles. The third-order valence-electron chi connectivity index (χ3n) is 1.83. The van der Waals surface area contributed by atoms with Crippen molar-refractivity contribution in [1.29, 1.82) is 0 Å². The summed E-state index contributed by atoms with van der Waals surface area (Å²) in [7, 11) is 0. The van der Waals surface area contributed by atoms with Crippen LogP contribution < -0.4 is 0 Å². The lowest BCUT2D eigenvalue weighted by atomic mass is 10.0. The Morgan fingerprint density at radius 2 is 2.00 bits per heavy atom. The van der Waals surface area contributed by atoms with Crippen LogP contribution in [-0.4, -0.2) is 52.9 Å². The van der Waals surface area contributed by atoms with Crippen molar-refractivity contribution in [3.8, 4) is 0 Å². The maximum Gasteiger partial charge on any atom is 0.111 e. The maximum atomic E-state index is 9.32. The minimum Gasteiger partial charge on any atom is -0.388 e. The summed E-state index contributed by atoms with van der Waals surface area (Å²) in [4.78, 5) is 0. The zero-order valence-corrected chi connectivity index (χ0v) is 8.42. The molecule has 12 heavy (non-hydrogen) atoms. The van der Waals surface area contributed by atoms with E-state index in [4.69, 9.17) is 12.9 Å². The third-order valence-corrected chi connectivity index (χ3v) is 2.19. The van der Waals surface area contributed by atoms with Crippen LogP contribution in [0.15, 0.2) is 0 Å². The number of hydrogen-bond donors (Lipinski definition) is 3. The first-order valence-corrected chi connectivity index (χ1v) is 4.44. The number of aliphatic hydroxyl groups excluding tert-OH is 3. The number of halogens is 1. The first kappa shape index (κ1) is 10.6. The number of aliphatic hydroxyl groups is 3. The molecule has 0 spiro atoms. The van der Waals surface area contributed by atoms with E-state index in [1.54, 1.807) is 23.0 Å². The van der Waals surface area contributed by atoms with Crippen molar-refractivity contribution in [3.63, 3.8) is 0 Å². The third kappa shape index (κ3) is 2.27. The fourth-order valence-electron chi connectivity index (χ4n) is 1.08. The Bertz CT molecular complexity index is 144. The highest BCUT2D eigenvalue weighted by molar-refractivity contribution is 14.1. The molecule has 1 fully saturated rings. The molecule has 1 aliphatic rings. The smallest absolute Gasteiger partial charge is 0.111 e. The molecule has 0 amide bonds. The van der Waals surface area contributed by atoms with Crippen LogP contribution in [0, 0.1) is 0 Å². The van der Waals surface area contributed by atoms with Gasteiger partial charge in [-0.25, -0.2) is 0 Å². The predicted molar refractivity (Wildman–Crippen MR) is 47.7 cm³/mol. The first-order valence-electron chi connectivity index (χ1n) is 3.56. The Kier molecular flexibility index (Phi) is 4.14. The Morgan fingerprint density at radius 1 is 1.33 bits per heavy atom. The molecule has 1 heterocycles. The van der Waals surface area contributed by atoms with Gasteiger partial charge < -0.3 is 23.1 Å². The highest BCUT2D eigenvalue weighted by Gasteiger charge is 2.37. The molecule has 4 atom stereocenters. The van der Waals surface area contributed by atoms with Crippen LogP contribution in [0.5, 0.6) is 0 Å². The summed E-state index contributed by atoms with van der Waals surface area (Å²) < 4.78 is 9.75. The normalized spacial score (nSPS) is 43.0. The van der Waals surface area contributed by atoms with Crippen LogP contribution in [0.3, 0.4) is 0 Å². The Hall–Kier alpha value is 0.530. The molecule has 0 aliphatic carbocycles. The first-order chi connectivity index (χ1) is 5.66. The quantitative estimate of drug-likeness (QED) is 0.559. The molecule has 3 N–H and O–H groups in total. The van der Waals surface area contributed by atoms with Crippen LogP contribution in [0.1, 0.15) is 0 Å². The average molecular weight is 290 g/mol. The van der Waals surface area contributed by atoms with Crippen LogP contribution >= 0.6 is 23.0 Å². The van der Waals surface area contributed by atoms with Gasteiger partial charge in [-0.2, -0.15) is 0 Å². The number of rotatable bonds is 2. The van der Waals surface area contributed by atoms with Crippen LogP contribution in [0.2, 0.25) is 0 Å². The molecular weight excluding hydrogens is 279 g/mol. The molecule has 1 aliphatic heterocycles. The second-order valence-corrected chi connectivity index (χ2v) is 3.32. The summed E-state index contributed by atoms with van der Waals surface area (Å²) in [6, 6.07) is 0. The average Bonchev–Trinajstić information content (AvgIpc) is 2.07. The zero-order chi connectivity index (χ0) is 9.14. The van der Waals surface area contributed by atoms with Gasteiger partial charge in [0.25, 0.3) is 0 Å². The van der Waals surface area contributed by atoms with Gasteiger partial charge in [-0.3, -0.25) is 0 Å². The summed E-state index contributed by atoms with van der Waals surface area (Å²) in [6.45, 7) is 0.231. The fraction of sp³-hybridized carbons (Fsp3) is 1.00. The van der Waals surface area contributed by atoms with Gasteiger partial charge in [-0.15, -0.1) is 0 Å².